The van der Waals surface area contributed by atoms with Crippen molar-refractivity contribution in [1.29, 1.82) is 0 Å². The third-order valence-corrected chi connectivity index (χ3v) is 5.17. The van der Waals surface area contributed by atoms with Crippen molar-refractivity contribution in [3.63, 3.8) is 0 Å². The van der Waals surface area contributed by atoms with Crippen molar-refractivity contribution in [2.45, 2.75) is 33.6 Å². The number of nitrogen functional groups attached to an aromatic ring is 1. The number of nitrogens with two attached hydrogens (primary N) is 1. The smallest absolute Gasteiger partial charge is 0.240 e. The monoisotopic (exact) mass is 403 g/mol. The molecular weight excluding hydrogens is 374 g/mol. The Labute approximate surface area is 178 Å². The molecule has 2 aliphatic heterocycles. The highest BCUT2D eigenvalue weighted by atomic mass is 16.2. The van der Waals surface area contributed by atoms with Crippen LogP contribution in [-0.2, 0) is 4.79 Å². The summed E-state index contributed by atoms with van der Waals surface area (Å²) in [4.78, 5) is 11.1. The molecule has 0 spiro atoms. The predicted octanol–water partition coefficient (Wildman–Crippen LogP) is 3.97. The number of hydrogen-bond acceptors (Lipinski definition) is 5. The maximum absolute atomic E-state index is 11.1. The van der Waals surface area contributed by atoms with Crippen LogP contribution in [0, 0.1) is 18.8 Å². The summed E-state index contributed by atoms with van der Waals surface area (Å²) in [5.74, 6) is 0.575. The number of anilines is 1. The summed E-state index contributed by atoms with van der Waals surface area (Å²) >= 11 is 0. The Bertz CT molecular complexity index is 892. The zero-order chi connectivity index (χ0) is 21.7. The Morgan fingerprint density at radius 3 is 1.90 bits per heavy atom. The molecule has 4 rings (SSSR count). The molecule has 0 bridgehead atoms. The maximum atomic E-state index is 11.1. The predicted molar refractivity (Wildman–Crippen MR) is 123 cm³/mol. The average molecular weight is 404 g/mol. The Kier molecular flexibility index (Phi) is 6.67. The van der Waals surface area contributed by atoms with Gasteiger partial charge in [-0.25, -0.2) is 5.43 Å². The number of hydrogen-bond donors (Lipinski definition) is 3. The molecule has 0 aliphatic carbocycles. The molecule has 4 N–H and O–H groups in total. The summed E-state index contributed by atoms with van der Waals surface area (Å²) in [6.45, 7) is 10.2. The van der Waals surface area contributed by atoms with Gasteiger partial charge in [-0.2, -0.15) is 10.2 Å². The highest BCUT2D eigenvalue weighted by Gasteiger charge is 2.21. The summed E-state index contributed by atoms with van der Waals surface area (Å²) in [6.07, 6.45) is 1.45. The van der Waals surface area contributed by atoms with Crippen molar-refractivity contribution in [3.8, 4) is 0 Å². The van der Waals surface area contributed by atoms with E-state index in [2.05, 4.69) is 65.7 Å². The van der Waals surface area contributed by atoms with Gasteiger partial charge in [0.2, 0.25) is 5.91 Å². The molecule has 0 radical (unpaired) electrons. The normalized spacial score (nSPS) is 20.8. The van der Waals surface area contributed by atoms with Crippen LogP contribution in [-0.4, -0.2) is 17.3 Å². The number of nitrogens with one attached hydrogen (secondary N) is 2. The van der Waals surface area contributed by atoms with Crippen LogP contribution in [0.25, 0.3) is 0 Å². The number of nitrogens with zero attached hydrogens (tertiary/aromatic N) is 2. The van der Waals surface area contributed by atoms with E-state index in [0.29, 0.717) is 12.3 Å². The average Bonchev–Trinajstić information content (AvgIpc) is 2.70. The first-order valence-corrected chi connectivity index (χ1v) is 10.1. The van der Waals surface area contributed by atoms with E-state index in [0.717, 1.165) is 34.8 Å². The van der Waals surface area contributed by atoms with Gasteiger partial charge < -0.3 is 5.73 Å². The zero-order valence-electron chi connectivity index (χ0n) is 17.8. The lowest BCUT2D eigenvalue weighted by Crippen LogP contribution is -2.31. The number of allylic oxidation sites excluding steroid dienone is 1. The Balaban J connectivity index is 0.000000171. The van der Waals surface area contributed by atoms with Gasteiger partial charge in [0.25, 0.3) is 0 Å². The minimum Gasteiger partial charge on any atom is -0.399 e. The highest BCUT2D eigenvalue weighted by Crippen LogP contribution is 2.20. The van der Waals surface area contributed by atoms with Gasteiger partial charge in [0, 0.05) is 29.6 Å². The van der Waals surface area contributed by atoms with E-state index in [1.807, 2.05) is 31.2 Å². The Morgan fingerprint density at radius 2 is 1.37 bits per heavy atom. The lowest BCUT2D eigenvalue weighted by molar-refractivity contribution is -0.121. The van der Waals surface area contributed by atoms with Crippen LogP contribution in [0.4, 0.5) is 5.69 Å². The van der Waals surface area contributed by atoms with Crippen LogP contribution < -0.4 is 16.6 Å². The molecule has 0 unspecified atom stereocenters. The van der Waals surface area contributed by atoms with Crippen LogP contribution >= 0.6 is 0 Å². The van der Waals surface area contributed by atoms with Gasteiger partial charge in [0.05, 0.1) is 11.4 Å². The fraction of sp³-hybridized carbons (Fsp3) is 0.292. The molecule has 0 saturated carbocycles. The molecule has 2 atom stereocenters. The molecular formula is C24H29N5O. The lowest BCUT2D eigenvalue weighted by atomic mass is 9.93. The number of aryl methyl sites for hydroxylation is 1. The highest BCUT2D eigenvalue weighted by molar-refractivity contribution is 6.05. The molecule has 2 aromatic carbocycles. The lowest BCUT2D eigenvalue weighted by Gasteiger charge is -2.21. The summed E-state index contributed by atoms with van der Waals surface area (Å²) in [6, 6.07) is 16.0. The van der Waals surface area contributed by atoms with Gasteiger partial charge >= 0.3 is 0 Å². The van der Waals surface area contributed by atoms with Crippen LogP contribution in [0.1, 0.15) is 43.4 Å². The number of carbonyl (C=O) groups excluding carboxylic acids is 1. The second-order valence-electron chi connectivity index (χ2n) is 7.94. The first kappa shape index (κ1) is 21.3. The molecule has 1 amide bonds. The van der Waals surface area contributed by atoms with Crippen LogP contribution in [0.2, 0.25) is 0 Å². The van der Waals surface area contributed by atoms with Gasteiger partial charge in [-0.1, -0.05) is 62.4 Å². The molecule has 2 heterocycles. The van der Waals surface area contributed by atoms with Crippen LogP contribution in [0.15, 0.2) is 71.0 Å². The molecule has 6 heteroatoms. The minimum atomic E-state index is -0.0262. The molecule has 0 fully saturated rings. The van der Waals surface area contributed by atoms with E-state index in [4.69, 9.17) is 5.73 Å². The van der Waals surface area contributed by atoms with Crippen molar-refractivity contribution in [3.05, 3.63) is 77.5 Å². The van der Waals surface area contributed by atoms with Gasteiger partial charge in [0.15, 0.2) is 0 Å². The number of rotatable bonds is 2. The third kappa shape index (κ3) is 5.35. The minimum absolute atomic E-state index is 0.0262. The summed E-state index contributed by atoms with van der Waals surface area (Å²) < 4.78 is 0. The van der Waals surface area contributed by atoms with E-state index in [9.17, 15) is 4.79 Å². The Hall–Kier alpha value is -3.41. The maximum Gasteiger partial charge on any atom is 0.240 e. The number of hydrazone groups is 2. The van der Waals surface area contributed by atoms with Gasteiger partial charge in [-0.05, 0) is 36.6 Å². The SMILES string of the molecule is C=C1C[C@@H](C)C(c2ccc(C)cc2)=NN1.C[C@@H]1CC(=O)NN=C1c1ccc(N)cc1. The van der Waals surface area contributed by atoms with E-state index in [-0.39, 0.29) is 11.8 Å². The first-order chi connectivity index (χ1) is 14.3. The standard InChI is InChI=1S/C13H16N2.C11H13N3O/c1-9-4-6-12(7-5-9)13-10(2)8-11(3)14-15-13;1-7-6-10(15)13-14-11(7)8-2-4-9(12)5-3-8/h4-7,10,14H,3,8H2,1-2H3;2-5,7H,6,12H2,1H3,(H,13,15)/t10-;7-/m11/s1. The fourth-order valence-corrected chi connectivity index (χ4v) is 3.49. The molecule has 156 valence electrons. The van der Waals surface area contributed by atoms with Crippen LogP contribution in [0.3, 0.4) is 0 Å². The second kappa shape index (κ2) is 9.39. The van der Waals surface area contributed by atoms with Gasteiger partial charge in [-0.3, -0.25) is 10.2 Å². The molecule has 2 aliphatic rings. The zero-order valence-corrected chi connectivity index (χ0v) is 17.8. The molecule has 0 aromatic heterocycles. The summed E-state index contributed by atoms with van der Waals surface area (Å²) in [7, 11) is 0. The molecule has 2 aromatic rings. The second-order valence-corrected chi connectivity index (χ2v) is 7.94. The number of carbonyl (C=O) groups is 1. The third-order valence-electron chi connectivity index (χ3n) is 5.17. The summed E-state index contributed by atoms with van der Waals surface area (Å²) in [5.41, 5.74) is 18.3. The topological polar surface area (TPSA) is 91.9 Å². The molecule has 0 saturated heterocycles. The largest absolute Gasteiger partial charge is 0.399 e. The summed E-state index contributed by atoms with van der Waals surface area (Å²) in [5, 5.41) is 8.43. The van der Waals surface area contributed by atoms with Crippen LogP contribution in [0.5, 0.6) is 0 Å². The van der Waals surface area contributed by atoms with Crippen molar-refractivity contribution in [2.24, 2.45) is 22.0 Å². The van der Waals surface area contributed by atoms with Crippen molar-refractivity contribution in [2.75, 3.05) is 5.73 Å². The quantitative estimate of drug-likeness (QED) is 0.663. The van der Waals surface area contributed by atoms with Gasteiger partial charge in [0.1, 0.15) is 0 Å². The van der Waals surface area contributed by atoms with Crippen molar-refractivity contribution < 1.29 is 4.79 Å². The Morgan fingerprint density at radius 1 is 0.867 bits per heavy atom. The number of benzene rings is 2. The fourth-order valence-electron chi connectivity index (χ4n) is 3.49. The van der Waals surface area contributed by atoms with E-state index in [1.54, 1.807) is 0 Å². The first-order valence-electron chi connectivity index (χ1n) is 10.1. The van der Waals surface area contributed by atoms with Crippen molar-refractivity contribution >= 4 is 23.0 Å². The molecule has 6 nitrogen and oxygen atoms in total. The van der Waals surface area contributed by atoms with E-state index < -0.39 is 0 Å². The van der Waals surface area contributed by atoms with E-state index >= 15 is 0 Å². The molecule has 30 heavy (non-hydrogen) atoms. The number of amides is 1. The van der Waals surface area contributed by atoms with Gasteiger partial charge in [-0.15, -0.1) is 0 Å². The van der Waals surface area contributed by atoms with E-state index in [1.165, 1.54) is 11.1 Å². The van der Waals surface area contributed by atoms with Crippen molar-refractivity contribution in [1.82, 2.24) is 10.9 Å².